The molecule has 0 bridgehead atoms. The van der Waals surface area contributed by atoms with Crippen LogP contribution >= 0.6 is 0 Å². The van der Waals surface area contributed by atoms with Gasteiger partial charge in [-0.05, 0) is 18.6 Å². The van der Waals surface area contributed by atoms with Gasteiger partial charge >= 0.3 is 0 Å². The molecule has 0 aliphatic rings. The van der Waals surface area contributed by atoms with Crippen LogP contribution in [0.2, 0.25) is 0 Å². The number of hydrogen-bond donors (Lipinski definition) is 2. The number of halogens is 1. The monoisotopic (exact) mass is 223 g/mol. The molecule has 0 aliphatic heterocycles. The average Bonchev–Trinajstić information content (AvgIpc) is 2.24. The van der Waals surface area contributed by atoms with Crippen LogP contribution in [0.1, 0.15) is 25.3 Å². The number of benzene rings is 1. The Morgan fingerprint density at radius 3 is 2.75 bits per heavy atom. The van der Waals surface area contributed by atoms with Crippen molar-refractivity contribution < 1.29 is 4.39 Å². The van der Waals surface area contributed by atoms with Crippen molar-refractivity contribution in [3.8, 4) is 0 Å². The van der Waals surface area contributed by atoms with E-state index in [1.807, 2.05) is 11.9 Å². The van der Waals surface area contributed by atoms with Crippen LogP contribution in [0.15, 0.2) is 18.2 Å². The first-order valence-corrected chi connectivity index (χ1v) is 5.42. The molecule has 0 atom stereocenters. The van der Waals surface area contributed by atoms with Gasteiger partial charge in [-0.3, -0.25) is 5.41 Å². The zero-order valence-electron chi connectivity index (χ0n) is 9.76. The van der Waals surface area contributed by atoms with Gasteiger partial charge in [0.05, 0.1) is 11.3 Å². The van der Waals surface area contributed by atoms with Gasteiger partial charge in [-0.2, -0.15) is 0 Å². The summed E-state index contributed by atoms with van der Waals surface area (Å²) in [5, 5.41) is 7.40. The van der Waals surface area contributed by atoms with Gasteiger partial charge < -0.3 is 10.6 Å². The Morgan fingerprint density at radius 2 is 2.19 bits per heavy atom. The first kappa shape index (κ1) is 12.5. The van der Waals surface area contributed by atoms with Crippen molar-refractivity contribution in [3.05, 3.63) is 29.6 Å². The third kappa shape index (κ3) is 2.72. The molecule has 16 heavy (non-hydrogen) atoms. The normalized spacial score (nSPS) is 10.2. The summed E-state index contributed by atoms with van der Waals surface area (Å²) in [7, 11) is 1.89. The second kappa shape index (κ2) is 5.49. The molecule has 3 N–H and O–H groups in total. The summed E-state index contributed by atoms with van der Waals surface area (Å²) in [6.07, 6.45) is 2.11. The molecule has 0 fully saturated rings. The van der Waals surface area contributed by atoms with Gasteiger partial charge in [-0.25, -0.2) is 4.39 Å². The summed E-state index contributed by atoms with van der Waals surface area (Å²) in [4.78, 5) is 1.93. The quantitative estimate of drug-likeness (QED) is 0.594. The minimum atomic E-state index is -0.437. The minimum absolute atomic E-state index is 0.195. The third-order valence-corrected chi connectivity index (χ3v) is 2.52. The fraction of sp³-hybridized carbons (Fsp3) is 0.417. The van der Waals surface area contributed by atoms with E-state index in [0.29, 0.717) is 5.69 Å². The smallest absolute Gasteiger partial charge is 0.136 e. The molecular formula is C12H18FN3. The minimum Gasteiger partial charge on any atom is -0.384 e. The van der Waals surface area contributed by atoms with E-state index < -0.39 is 5.82 Å². The lowest BCUT2D eigenvalue weighted by molar-refractivity contribution is 0.623. The second-order valence-corrected chi connectivity index (χ2v) is 3.82. The second-order valence-electron chi connectivity index (χ2n) is 3.82. The highest BCUT2D eigenvalue weighted by molar-refractivity contribution is 6.00. The Hall–Kier alpha value is -1.58. The Labute approximate surface area is 95.6 Å². The molecule has 1 aromatic carbocycles. The molecule has 1 aromatic rings. The average molecular weight is 223 g/mol. The van der Waals surface area contributed by atoms with Gasteiger partial charge in [0.1, 0.15) is 11.7 Å². The molecule has 4 heteroatoms. The van der Waals surface area contributed by atoms with Gasteiger partial charge in [-0.1, -0.05) is 19.4 Å². The van der Waals surface area contributed by atoms with Crippen LogP contribution in [0.5, 0.6) is 0 Å². The van der Waals surface area contributed by atoms with Gasteiger partial charge in [-0.15, -0.1) is 0 Å². The van der Waals surface area contributed by atoms with E-state index in [2.05, 4.69) is 6.92 Å². The summed E-state index contributed by atoms with van der Waals surface area (Å²) >= 11 is 0. The highest BCUT2D eigenvalue weighted by atomic mass is 19.1. The number of hydrogen-bond acceptors (Lipinski definition) is 2. The topological polar surface area (TPSA) is 53.1 Å². The van der Waals surface area contributed by atoms with Crippen molar-refractivity contribution in [1.29, 1.82) is 5.41 Å². The van der Waals surface area contributed by atoms with Crippen molar-refractivity contribution in [1.82, 2.24) is 0 Å². The van der Waals surface area contributed by atoms with E-state index in [1.54, 1.807) is 12.1 Å². The lowest BCUT2D eigenvalue weighted by Gasteiger charge is -2.22. The zero-order valence-corrected chi connectivity index (χ0v) is 9.76. The first-order chi connectivity index (χ1) is 7.57. The van der Waals surface area contributed by atoms with E-state index in [9.17, 15) is 4.39 Å². The predicted octanol–water partition coefficient (Wildman–Crippen LogP) is 2.35. The van der Waals surface area contributed by atoms with Gasteiger partial charge in [0.15, 0.2) is 0 Å². The van der Waals surface area contributed by atoms with Gasteiger partial charge in [0.25, 0.3) is 0 Å². The largest absolute Gasteiger partial charge is 0.384 e. The van der Waals surface area contributed by atoms with Crippen LogP contribution in [0.4, 0.5) is 10.1 Å². The van der Waals surface area contributed by atoms with E-state index in [1.165, 1.54) is 6.07 Å². The Balaban J connectivity index is 3.02. The molecule has 0 aliphatic carbocycles. The maximum atomic E-state index is 13.5. The zero-order chi connectivity index (χ0) is 12.1. The van der Waals surface area contributed by atoms with E-state index in [0.717, 1.165) is 19.4 Å². The summed E-state index contributed by atoms with van der Waals surface area (Å²) in [6, 6.07) is 4.75. The van der Waals surface area contributed by atoms with Crippen LogP contribution in [0.3, 0.4) is 0 Å². The molecule has 0 heterocycles. The maximum Gasteiger partial charge on any atom is 0.136 e. The molecule has 0 spiro atoms. The SMILES string of the molecule is CCCCN(C)c1cccc(F)c1C(=N)N. The van der Waals surface area contributed by atoms with Crippen molar-refractivity contribution in [2.24, 2.45) is 5.73 Å². The number of nitrogens with zero attached hydrogens (tertiary/aromatic N) is 1. The molecule has 3 nitrogen and oxygen atoms in total. The Bertz CT molecular complexity index is 377. The molecular weight excluding hydrogens is 205 g/mol. The van der Waals surface area contributed by atoms with Crippen LogP contribution in [0, 0.1) is 11.2 Å². The van der Waals surface area contributed by atoms with E-state index in [4.69, 9.17) is 11.1 Å². The number of nitrogen functional groups attached to an aromatic ring is 1. The molecule has 0 radical (unpaired) electrons. The summed E-state index contributed by atoms with van der Waals surface area (Å²) < 4.78 is 13.5. The number of anilines is 1. The molecule has 0 saturated heterocycles. The fourth-order valence-electron chi connectivity index (χ4n) is 1.61. The molecule has 0 saturated carbocycles. The molecule has 0 unspecified atom stereocenters. The predicted molar refractivity (Wildman–Crippen MR) is 65.6 cm³/mol. The van der Waals surface area contributed by atoms with Crippen LogP contribution in [0.25, 0.3) is 0 Å². The van der Waals surface area contributed by atoms with Crippen molar-refractivity contribution in [3.63, 3.8) is 0 Å². The van der Waals surface area contributed by atoms with Crippen molar-refractivity contribution in [2.45, 2.75) is 19.8 Å². The van der Waals surface area contributed by atoms with Crippen LogP contribution in [-0.2, 0) is 0 Å². The number of amidine groups is 1. The Kier molecular flexibility index (Phi) is 4.28. The summed E-state index contributed by atoms with van der Waals surface area (Å²) in [5.41, 5.74) is 6.28. The maximum absolute atomic E-state index is 13.5. The molecule has 0 aromatic heterocycles. The number of nitrogens with one attached hydrogen (secondary N) is 1. The van der Waals surface area contributed by atoms with Gasteiger partial charge in [0.2, 0.25) is 0 Å². The van der Waals surface area contributed by atoms with Gasteiger partial charge in [0, 0.05) is 13.6 Å². The van der Waals surface area contributed by atoms with Crippen molar-refractivity contribution in [2.75, 3.05) is 18.5 Å². The van der Waals surface area contributed by atoms with Crippen LogP contribution < -0.4 is 10.6 Å². The standard InChI is InChI=1S/C12H18FN3/c1-3-4-8-16(2)10-7-5-6-9(13)11(10)12(14)15/h5-7H,3-4,8H2,1-2H3,(H3,14,15). The summed E-state index contributed by atoms with van der Waals surface area (Å²) in [5.74, 6) is -0.662. The lowest BCUT2D eigenvalue weighted by Crippen LogP contribution is -2.24. The molecule has 1 rings (SSSR count). The summed E-state index contributed by atoms with van der Waals surface area (Å²) in [6.45, 7) is 2.94. The number of unbranched alkanes of at least 4 members (excludes halogenated alkanes) is 1. The number of nitrogens with two attached hydrogens (primary N) is 1. The van der Waals surface area contributed by atoms with E-state index in [-0.39, 0.29) is 11.4 Å². The number of rotatable bonds is 5. The highest BCUT2D eigenvalue weighted by Gasteiger charge is 2.13. The molecule has 0 amide bonds. The fourth-order valence-corrected chi connectivity index (χ4v) is 1.61. The van der Waals surface area contributed by atoms with Crippen molar-refractivity contribution >= 4 is 11.5 Å². The highest BCUT2D eigenvalue weighted by Crippen LogP contribution is 2.22. The molecule has 88 valence electrons. The third-order valence-electron chi connectivity index (χ3n) is 2.52. The van der Waals surface area contributed by atoms with E-state index >= 15 is 0 Å². The van der Waals surface area contributed by atoms with Crippen LogP contribution in [-0.4, -0.2) is 19.4 Å². The lowest BCUT2D eigenvalue weighted by atomic mass is 10.1. The first-order valence-electron chi connectivity index (χ1n) is 5.42. The Morgan fingerprint density at radius 1 is 1.50 bits per heavy atom.